The van der Waals surface area contributed by atoms with Gasteiger partial charge in [-0.05, 0) is 19.8 Å². The molecule has 0 spiro atoms. The molecule has 0 radical (unpaired) electrons. The molecule has 0 aliphatic carbocycles. The van der Waals surface area contributed by atoms with E-state index in [1.54, 1.807) is 6.92 Å². The zero-order chi connectivity index (χ0) is 13.8. The summed E-state index contributed by atoms with van der Waals surface area (Å²) in [5.41, 5.74) is 0. The fourth-order valence-electron chi connectivity index (χ4n) is 1.21. The van der Waals surface area contributed by atoms with Crippen LogP contribution in [0.2, 0.25) is 0 Å². The van der Waals surface area contributed by atoms with Gasteiger partial charge in [0.15, 0.2) is 0 Å². The highest BCUT2D eigenvalue weighted by molar-refractivity contribution is 5.80. The SMILES string of the molecule is CCOC(=O)CNC(=O)NCCCCCC(=O)O. The van der Waals surface area contributed by atoms with Crippen molar-refractivity contribution in [1.29, 1.82) is 0 Å². The molecule has 3 N–H and O–H groups in total. The number of carbonyl (C=O) groups excluding carboxylic acids is 2. The van der Waals surface area contributed by atoms with E-state index >= 15 is 0 Å². The summed E-state index contributed by atoms with van der Waals surface area (Å²) in [6, 6.07) is -0.429. The lowest BCUT2D eigenvalue weighted by Crippen LogP contribution is -2.39. The van der Waals surface area contributed by atoms with Gasteiger partial charge in [-0.1, -0.05) is 6.42 Å². The minimum absolute atomic E-state index is 0.148. The molecule has 0 bridgehead atoms. The first kappa shape index (κ1) is 16.2. The van der Waals surface area contributed by atoms with Crippen molar-refractivity contribution < 1.29 is 24.2 Å². The number of unbranched alkanes of at least 4 members (excludes halogenated alkanes) is 2. The molecule has 0 atom stereocenters. The maximum atomic E-state index is 11.2. The van der Waals surface area contributed by atoms with Crippen LogP contribution in [-0.4, -0.2) is 42.8 Å². The number of rotatable bonds is 9. The van der Waals surface area contributed by atoms with Crippen molar-refractivity contribution in [3.8, 4) is 0 Å². The molecule has 18 heavy (non-hydrogen) atoms. The molecule has 0 saturated carbocycles. The summed E-state index contributed by atoms with van der Waals surface area (Å²) < 4.78 is 4.64. The highest BCUT2D eigenvalue weighted by atomic mass is 16.5. The lowest BCUT2D eigenvalue weighted by Gasteiger charge is -2.06. The molecule has 0 saturated heterocycles. The Labute approximate surface area is 106 Å². The van der Waals surface area contributed by atoms with E-state index in [2.05, 4.69) is 15.4 Å². The molecule has 0 heterocycles. The Bertz CT molecular complexity index is 281. The van der Waals surface area contributed by atoms with E-state index in [4.69, 9.17) is 5.11 Å². The summed E-state index contributed by atoms with van der Waals surface area (Å²) in [4.78, 5) is 32.3. The van der Waals surface area contributed by atoms with Crippen LogP contribution in [0.1, 0.15) is 32.6 Å². The summed E-state index contributed by atoms with van der Waals surface area (Å²) >= 11 is 0. The average molecular weight is 260 g/mol. The number of nitrogens with one attached hydrogen (secondary N) is 2. The molecule has 0 aromatic heterocycles. The third-order valence-corrected chi connectivity index (χ3v) is 2.05. The first-order valence-electron chi connectivity index (χ1n) is 5.95. The lowest BCUT2D eigenvalue weighted by atomic mass is 10.2. The number of aliphatic carboxylic acids is 1. The molecule has 0 aliphatic heterocycles. The number of hydrogen-bond donors (Lipinski definition) is 3. The second-order valence-corrected chi connectivity index (χ2v) is 3.62. The van der Waals surface area contributed by atoms with Crippen molar-refractivity contribution in [1.82, 2.24) is 10.6 Å². The Hall–Kier alpha value is -1.79. The number of carbonyl (C=O) groups is 3. The maximum Gasteiger partial charge on any atom is 0.325 e. The summed E-state index contributed by atoms with van der Waals surface area (Å²) in [5, 5.41) is 13.3. The molecule has 0 aromatic carbocycles. The van der Waals surface area contributed by atoms with Gasteiger partial charge in [-0.15, -0.1) is 0 Å². The molecule has 0 fully saturated rings. The fraction of sp³-hybridized carbons (Fsp3) is 0.727. The van der Waals surface area contributed by atoms with Gasteiger partial charge >= 0.3 is 18.0 Å². The van der Waals surface area contributed by atoms with Gasteiger partial charge in [0, 0.05) is 13.0 Å². The van der Waals surface area contributed by atoms with Crippen LogP contribution < -0.4 is 10.6 Å². The van der Waals surface area contributed by atoms with Crippen molar-refractivity contribution in [3.05, 3.63) is 0 Å². The third-order valence-electron chi connectivity index (χ3n) is 2.05. The van der Waals surface area contributed by atoms with E-state index in [-0.39, 0.29) is 19.6 Å². The quantitative estimate of drug-likeness (QED) is 0.413. The van der Waals surface area contributed by atoms with E-state index in [0.29, 0.717) is 19.4 Å². The number of esters is 1. The zero-order valence-electron chi connectivity index (χ0n) is 10.5. The number of urea groups is 1. The molecule has 7 heteroatoms. The lowest BCUT2D eigenvalue weighted by molar-refractivity contribution is -0.141. The molecule has 104 valence electrons. The van der Waals surface area contributed by atoms with Gasteiger partial charge in [-0.2, -0.15) is 0 Å². The fourth-order valence-corrected chi connectivity index (χ4v) is 1.21. The van der Waals surface area contributed by atoms with E-state index in [1.807, 2.05) is 0 Å². The second kappa shape index (κ2) is 10.4. The van der Waals surface area contributed by atoms with Crippen LogP contribution in [0, 0.1) is 0 Å². The Morgan fingerprint density at radius 1 is 1.11 bits per heavy atom. The molecule has 0 rings (SSSR count). The monoisotopic (exact) mass is 260 g/mol. The van der Waals surface area contributed by atoms with Gasteiger partial charge < -0.3 is 20.5 Å². The highest BCUT2D eigenvalue weighted by Gasteiger charge is 2.04. The zero-order valence-corrected chi connectivity index (χ0v) is 10.5. The van der Waals surface area contributed by atoms with Gasteiger partial charge in [0.2, 0.25) is 0 Å². The summed E-state index contributed by atoms with van der Waals surface area (Å²) in [6.07, 6.45) is 2.20. The van der Waals surface area contributed by atoms with Crippen LogP contribution >= 0.6 is 0 Å². The molecule has 0 aliphatic rings. The smallest absolute Gasteiger partial charge is 0.325 e. The summed E-state index contributed by atoms with van der Waals surface area (Å²) in [5.74, 6) is -1.29. The maximum absolute atomic E-state index is 11.2. The largest absolute Gasteiger partial charge is 0.481 e. The van der Waals surface area contributed by atoms with Crippen molar-refractivity contribution in [2.45, 2.75) is 32.6 Å². The van der Waals surface area contributed by atoms with Gasteiger partial charge in [0.1, 0.15) is 6.54 Å². The first-order valence-corrected chi connectivity index (χ1v) is 5.95. The second-order valence-electron chi connectivity index (χ2n) is 3.62. The number of hydrogen-bond acceptors (Lipinski definition) is 4. The van der Waals surface area contributed by atoms with E-state index < -0.39 is 18.0 Å². The van der Waals surface area contributed by atoms with Crippen LogP contribution in [0.5, 0.6) is 0 Å². The number of amides is 2. The Balaban J connectivity index is 3.37. The van der Waals surface area contributed by atoms with Crippen LogP contribution in [0.3, 0.4) is 0 Å². The first-order chi connectivity index (χ1) is 8.56. The van der Waals surface area contributed by atoms with E-state index in [1.165, 1.54) is 0 Å². The number of ether oxygens (including phenoxy) is 1. The topological polar surface area (TPSA) is 105 Å². The normalized spacial score (nSPS) is 9.61. The van der Waals surface area contributed by atoms with E-state index in [0.717, 1.165) is 6.42 Å². The molecule has 2 amide bonds. The third kappa shape index (κ3) is 10.7. The number of carboxylic acids is 1. The predicted octanol–water partition coefficient (Wildman–Crippen LogP) is 0.494. The standard InChI is InChI=1S/C11H20N2O5/c1-2-18-10(16)8-13-11(17)12-7-5-3-4-6-9(14)15/h2-8H2,1H3,(H,14,15)(H2,12,13,17). The highest BCUT2D eigenvalue weighted by Crippen LogP contribution is 1.98. The molecular weight excluding hydrogens is 240 g/mol. The summed E-state index contributed by atoms with van der Waals surface area (Å²) in [7, 11) is 0. The van der Waals surface area contributed by atoms with Crippen LogP contribution in [-0.2, 0) is 14.3 Å². The van der Waals surface area contributed by atoms with Crippen LogP contribution in [0.15, 0.2) is 0 Å². The van der Waals surface area contributed by atoms with Crippen LogP contribution in [0.4, 0.5) is 4.79 Å². The van der Waals surface area contributed by atoms with Crippen molar-refractivity contribution >= 4 is 18.0 Å². The van der Waals surface area contributed by atoms with Gasteiger partial charge in [0.05, 0.1) is 6.61 Å². The van der Waals surface area contributed by atoms with Crippen molar-refractivity contribution in [2.24, 2.45) is 0 Å². The Morgan fingerprint density at radius 2 is 1.83 bits per heavy atom. The minimum atomic E-state index is -0.810. The molecule has 0 aromatic rings. The predicted molar refractivity (Wildman–Crippen MR) is 64.1 cm³/mol. The number of carboxylic acid groups (broad SMARTS) is 1. The molecule has 7 nitrogen and oxygen atoms in total. The Morgan fingerprint density at radius 3 is 2.44 bits per heavy atom. The Kier molecular flexibility index (Phi) is 9.34. The molecular formula is C11H20N2O5. The van der Waals surface area contributed by atoms with Crippen molar-refractivity contribution in [3.63, 3.8) is 0 Å². The van der Waals surface area contributed by atoms with Gasteiger partial charge in [-0.25, -0.2) is 4.79 Å². The van der Waals surface area contributed by atoms with Gasteiger partial charge in [0.25, 0.3) is 0 Å². The molecule has 0 unspecified atom stereocenters. The van der Waals surface area contributed by atoms with Crippen molar-refractivity contribution in [2.75, 3.05) is 19.7 Å². The summed E-state index contributed by atoms with van der Waals surface area (Å²) in [6.45, 7) is 2.27. The van der Waals surface area contributed by atoms with E-state index in [9.17, 15) is 14.4 Å². The van der Waals surface area contributed by atoms with Crippen LogP contribution in [0.25, 0.3) is 0 Å². The average Bonchev–Trinajstić information content (AvgIpc) is 2.31. The van der Waals surface area contributed by atoms with Gasteiger partial charge in [-0.3, -0.25) is 9.59 Å². The minimum Gasteiger partial charge on any atom is -0.481 e.